The lowest BCUT2D eigenvalue weighted by Gasteiger charge is -2.18. The summed E-state index contributed by atoms with van der Waals surface area (Å²) in [5.41, 5.74) is 2.90. The molecule has 0 saturated heterocycles. The Hall–Kier alpha value is -2.33. The van der Waals surface area contributed by atoms with E-state index in [2.05, 4.69) is 43.2 Å². The topological polar surface area (TPSA) is 55.1 Å². The van der Waals surface area contributed by atoms with Crippen LogP contribution in [0.5, 0.6) is 0 Å². The average molecular weight is 343 g/mol. The molecule has 24 heavy (non-hydrogen) atoms. The number of furan rings is 1. The SMILES string of the molecule is CC(C)(C)c1ccc2occ(CC(=O)Nc3ccc(Cl)cn3)c2c1. The van der Waals surface area contributed by atoms with E-state index in [4.69, 9.17) is 16.0 Å². The number of rotatable bonds is 3. The lowest BCUT2D eigenvalue weighted by molar-refractivity contribution is -0.115. The largest absolute Gasteiger partial charge is 0.464 e. The molecule has 3 aromatic rings. The van der Waals surface area contributed by atoms with Crippen molar-refractivity contribution in [3.8, 4) is 0 Å². The Morgan fingerprint density at radius 3 is 2.71 bits per heavy atom. The van der Waals surface area contributed by atoms with Gasteiger partial charge in [-0.2, -0.15) is 0 Å². The van der Waals surface area contributed by atoms with E-state index >= 15 is 0 Å². The van der Waals surface area contributed by atoms with Crippen molar-refractivity contribution in [1.82, 2.24) is 4.98 Å². The van der Waals surface area contributed by atoms with Crippen molar-refractivity contribution in [3.63, 3.8) is 0 Å². The molecule has 0 radical (unpaired) electrons. The molecule has 5 heteroatoms. The summed E-state index contributed by atoms with van der Waals surface area (Å²) < 4.78 is 5.57. The van der Waals surface area contributed by atoms with Crippen LogP contribution in [0.4, 0.5) is 5.82 Å². The van der Waals surface area contributed by atoms with Crippen LogP contribution >= 0.6 is 11.6 Å². The molecule has 2 heterocycles. The van der Waals surface area contributed by atoms with Gasteiger partial charge in [0.05, 0.1) is 17.7 Å². The quantitative estimate of drug-likeness (QED) is 0.731. The second-order valence-electron chi connectivity index (χ2n) is 6.81. The summed E-state index contributed by atoms with van der Waals surface area (Å²) in [4.78, 5) is 16.3. The monoisotopic (exact) mass is 342 g/mol. The maximum Gasteiger partial charge on any atom is 0.230 e. The highest BCUT2D eigenvalue weighted by molar-refractivity contribution is 6.30. The number of benzene rings is 1. The van der Waals surface area contributed by atoms with Gasteiger partial charge in [0.25, 0.3) is 0 Å². The molecule has 0 aliphatic carbocycles. The maximum absolute atomic E-state index is 12.3. The van der Waals surface area contributed by atoms with Crippen LogP contribution in [0.3, 0.4) is 0 Å². The molecule has 0 fully saturated rings. The van der Waals surface area contributed by atoms with Gasteiger partial charge >= 0.3 is 0 Å². The molecule has 4 nitrogen and oxygen atoms in total. The smallest absolute Gasteiger partial charge is 0.230 e. The van der Waals surface area contributed by atoms with Gasteiger partial charge in [-0.05, 0) is 35.2 Å². The standard InChI is InChI=1S/C19H19ClN2O2/c1-19(2,3)13-4-6-16-15(9-13)12(11-24-16)8-18(23)22-17-7-5-14(20)10-21-17/h4-7,9-11H,8H2,1-3H3,(H,21,22,23). The van der Waals surface area contributed by atoms with Crippen molar-refractivity contribution in [2.45, 2.75) is 32.6 Å². The zero-order valence-electron chi connectivity index (χ0n) is 13.9. The van der Waals surface area contributed by atoms with Gasteiger partial charge in [-0.3, -0.25) is 4.79 Å². The molecule has 3 rings (SSSR count). The van der Waals surface area contributed by atoms with Crippen molar-refractivity contribution >= 4 is 34.3 Å². The van der Waals surface area contributed by atoms with E-state index in [9.17, 15) is 4.79 Å². The molecule has 1 amide bonds. The van der Waals surface area contributed by atoms with Crippen LogP contribution in [0, 0.1) is 0 Å². The van der Waals surface area contributed by atoms with Gasteiger partial charge in [0, 0.05) is 17.1 Å². The number of halogens is 1. The third-order valence-electron chi connectivity index (χ3n) is 3.87. The van der Waals surface area contributed by atoms with Crippen LogP contribution in [-0.2, 0) is 16.6 Å². The highest BCUT2D eigenvalue weighted by Crippen LogP contribution is 2.29. The summed E-state index contributed by atoms with van der Waals surface area (Å²) in [6, 6.07) is 9.48. The minimum atomic E-state index is -0.145. The fourth-order valence-electron chi connectivity index (χ4n) is 2.49. The predicted molar refractivity (Wildman–Crippen MR) is 96.5 cm³/mol. The number of anilines is 1. The van der Waals surface area contributed by atoms with Gasteiger partial charge in [-0.25, -0.2) is 4.98 Å². The summed E-state index contributed by atoms with van der Waals surface area (Å²) in [6.45, 7) is 6.48. The first-order chi connectivity index (χ1) is 11.3. The Labute approximate surface area is 145 Å². The molecule has 0 saturated carbocycles. The molecule has 0 aliphatic rings. The highest BCUT2D eigenvalue weighted by Gasteiger charge is 2.17. The van der Waals surface area contributed by atoms with E-state index in [1.807, 2.05) is 6.07 Å². The fourth-order valence-corrected chi connectivity index (χ4v) is 2.61. The molecular weight excluding hydrogens is 324 g/mol. The van der Waals surface area contributed by atoms with Crippen LogP contribution in [0.25, 0.3) is 11.0 Å². The summed E-state index contributed by atoms with van der Waals surface area (Å²) in [5.74, 6) is 0.335. The molecule has 1 aromatic carbocycles. The summed E-state index contributed by atoms with van der Waals surface area (Å²) in [6.07, 6.45) is 3.37. The first-order valence-electron chi connectivity index (χ1n) is 7.75. The Morgan fingerprint density at radius 2 is 2.04 bits per heavy atom. The van der Waals surface area contributed by atoms with Crippen molar-refractivity contribution in [1.29, 1.82) is 0 Å². The molecule has 2 aromatic heterocycles. The molecule has 1 N–H and O–H groups in total. The van der Waals surface area contributed by atoms with Crippen LogP contribution in [-0.4, -0.2) is 10.9 Å². The second-order valence-corrected chi connectivity index (χ2v) is 7.24. The van der Waals surface area contributed by atoms with Crippen LogP contribution < -0.4 is 5.32 Å². The minimum Gasteiger partial charge on any atom is -0.464 e. The van der Waals surface area contributed by atoms with Crippen LogP contribution in [0.15, 0.2) is 47.2 Å². The van der Waals surface area contributed by atoms with Gasteiger partial charge < -0.3 is 9.73 Å². The molecule has 0 spiro atoms. The molecular formula is C19H19ClN2O2. The van der Waals surface area contributed by atoms with E-state index in [1.165, 1.54) is 11.8 Å². The number of aromatic nitrogens is 1. The normalized spacial score (nSPS) is 11.7. The average Bonchev–Trinajstić information content (AvgIpc) is 2.91. The van der Waals surface area contributed by atoms with E-state index in [1.54, 1.807) is 18.4 Å². The Kier molecular flexibility index (Phi) is 4.33. The molecule has 0 atom stereocenters. The van der Waals surface area contributed by atoms with Gasteiger partial charge in [0.15, 0.2) is 0 Å². The summed E-state index contributed by atoms with van der Waals surface area (Å²) in [5, 5.41) is 4.27. The molecule has 124 valence electrons. The molecule has 0 unspecified atom stereocenters. The second kappa shape index (κ2) is 6.29. The predicted octanol–water partition coefficient (Wildman–Crippen LogP) is 4.96. The third kappa shape index (κ3) is 3.60. The first kappa shape index (κ1) is 16.5. The summed E-state index contributed by atoms with van der Waals surface area (Å²) >= 11 is 5.79. The maximum atomic E-state index is 12.3. The third-order valence-corrected chi connectivity index (χ3v) is 4.09. The van der Waals surface area contributed by atoms with Crippen molar-refractivity contribution < 1.29 is 9.21 Å². The van der Waals surface area contributed by atoms with Crippen molar-refractivity contribution in [2.75, 3.05) is 5.32 Å². The zero-order valence-corrected chi connectivity index (χ0v) is 14.6. The minimum absolute atomic E-state index is 0.0399. The van der Waals surface area contributed by atoms with E-state index in [-0.39, 0.29) is 17.7 Å². The number of pyridine rings is 1. The van der Waals surface area contributed by atoms with Gasteiger partial charge in [0.2, 0.25) is 5.91 Å². The molecule has 0 aliphatic heterocycles. The number of fused-ring (bicyclic) bond motifs is 1. The van der Waals surface area contributed by atoms with Gasteiger partial charge in [-0.15, -0.1) is 0 Å². The Morgan fingerprint density at radius 1 is 1.25 bits per heavy atom. The molecule has 0 bridgehead atoms. The van der Waals surface area contributed by atoms with E-state index in [0.29, 0.717) is 10.8 Å². The highest BCUT2D eigenvalue weighted by atomic mass is 35.5. The number of carbonyl (C=O) groups is 1. The fraction of sp³-hybridized carbons (Fsp3) is 0.263. The van der Waals surface area contributed by atoms with Gasteiger partial charge in [0.1, 0.15) is 11.4 Å². The van der Waals surface area contributed by atoms with Crippen LogP contribution in [0.1, 0.15) is 31.9 Å². The Bertz CT molecular complexity index is 877. The number of carbonyl (C=O) groups excluding carboxylic acids is 1. The number of nitrogens with zero attached hydrogens (tertiary/aromatic N) is 1. The number of hydrogen-bond acceptors (Lipinski definition) is 3. The number of hydrogen-bond donors (Lipinski definition) is 1. The Balaban J connectivity index is 1.81. The summed E-state index contributed by atoms with van der Waals surface area (Å²) in [7, 11) is 0. The van der Waals surface area contributed by atoms with E-state index in [0.717, 1.165) is 16.5 Å². The van der Waals surface area contributed by atoms with Gasteiger partial charge in [-0.1, -0.05) is 38.4 Å². The number of nitrogens with one attached hydrogen (secondary N) is 1. The zero-order chi connectivity index (χ0) is 17.3. The van der Waals surface area contributed by atoms with Crippen molar-refractivity contribution in [2.24, 2.45) is 0 Å². The van der Waals surface area contributed by atoms with E-state index < -0.39 is 0 Å². The number of amides is 1. The first-order valence-corrected chi connectivity index (χ1v) is 8.13. The lowest BCUT2D eigenvalue weighted by atomic mass is 9.86. The lowest BCUT2D eigenvalue weighted by Crippen LogP contribution is -2.15. The van der Waals surface area contributed by atoms with Crippen LogP contribution in [0.2, 0.25) is 5.02 Å². The van der Waals surface area contributed by atoms with Crippen molar-refractivity contribution in [3.05, 3.63) is 58.9 Å².